The second kappa shape index (κ2) is 5.80. The number of hydrogen-bond acceptors (Lipinski definition) is 3. The number of anilines is 1. The third-order valence-corrected chi connectivity index (χ3v) is 3.76. The number of halogens is 3. The highest BCUT2D eigenvalue weighted by atomic mass is 35.5. The van der Waals surface area contributed by atoms with E-state index in [1.807, 2.05) is 24.3 Å². The fourth-order valence-corrected chi connectivity index (χ4v) is 2.41. The Bertz CT molecular complexity index is 413. The first kappa shape index (κ1) is 14.4. The van der Waals surface area contributed by atoms with Crippen LogP contribution in [0.4, 0.5) is 5.69 Å². The maximum atomic E-state index is 11.5. The highest BCUT2D eigenvalue weighted by molar-refractivity contribution is 6.32. The lowest BCUT2D eigenvalue weighted by Gasteiger charge is -2.32. The highest BCUT2D eigenvalue weighted by Crippen LogP contribution is 2.39. The minimum Gasteiger partial charge on any atom is -0.467 e. The van der Waals surface area contributed by atoms with Crippen LogP contribution in [0.2, 0.25) is 0 Å². The number of esters is 1. The molecule has 0 bridgehead atoms. The summed E-state index contributed by atoms with van der Waals surface area (Å²) in [6, 6.07) is 6.91. The number of carbonyl (C=O) groups is 1. The molecule has 17 heavy (non-hydrogen) atoms. The van der Waals surface area contributed by atoms with Crippen molar-refractivity contribution in [3.05, 3.63) is 29.8 Å². The number of nitrogens with one attached hydrogen (secondary N) is 1. The van der Waals surface area contributed by atoms with Crippen molar-refractivity contribution in [1.29, 1.82) is 0 Å². The van der Waals surface area contributed by atoms with E-state index in [9.17, 15) is 4.79 Å². The summed E-state index contributed by atoms with van der Waals surface area (Å²) in [5.74, 6) is -0.403. The zero-order chi connectivity index (χ0) is 11.7. The smallest absolute Gasteiger partial charge is 0.329 e. The Kier molecular flexibility index (Phi) is 4.92. The van der Waals surface area contributed by atoms with Crippen LogP contribution in [0.25, 0.3) is 0 Å². The predicted molar refractivity (Wildman–Crippen MR) is 71.4 cm³/mol. The van der Waals surface area contributed by atoms with Crippen LogP contribution in [-0.2, 0) is 9.53 Å². The summed E-state index contributed by atoms with van der Waals surface area (Å²) in [6.45, 7) is 0. The first-order valence-corrected chi connectivity index (χ1v) is 5.74. The quantitative estimate of drug-likeness (QED) is 0.639. The van der Waals surface area contributed by atoms with Gasteiger partial charge in [0.2, 0.25) is 0 Å². The van der Waals surface area contributed by atoms with Crippen molar-refractivity contribution >= 4 is 47.3 Å². The SMILES string of the molecule is COC(=O)C1Nc2ccccc2C(Cl)C1Cl.Cl. The van der Waals surface area contributed by atoms with Crippen molar-refractivity contribution < 1.29 is 9.53 Å². The lowest BCUT2D eigenvalue weighted by atomic mass is 9.97. The Morgan fingerprint density at radius 3 is 2.65 bits per heavy atom. The highest BCUT2D eigenvalue weighted by Gasteiger charge is 2.38. The van der Waals surface area contributed by atoms with Crippen LogP contribution in [0.15, 0.2) is 24.3 Å². The van der Waals surface area contributed by atoms with Gasteiger partial charge in [-0.15, -0.1) is 35.6 Å². The van der Waals surface area contributed by atoms with Gasteiger partial charge in [0.25, 0.3) is 0 Å². The maximum absolute atomic E-state index is 11.5. The van der Waals surface area contributed by atoms with Crippen LogP contribution in [0.1, 0.15) is 10.9 Å². The summed E-state index contributed by atoms with van der Waals surface area (Å²) >= 11 is 12.4. The van der Waals surface area contributed by atoms with Gasteiger partial charge >= 0.3 is 5.97 Å². The number of carbonyl (C=O) groups excluding carboxylic acids is 1. The zero-order valence-electron chi connectivity index (χ0n) is 9.02. The molecule has 6 heteroatoms. The fraction of sp³-hybridized carbons (Fsp3) is 0.364. The van der Waals surface area contributed by atoms with Crippen molar-refractivity contribution in [1.82, 2.24) is 0 Å². The van der Waals surface area contributed by atoms with E-state index < -0.39 is 22.8 Å². The molecule has 0 saturated heterocycles. The second-order valence-electron chi connectivity index (χ2n) is 3.58. The van der Waals surface area contributed by atoms with Crippen molar-refractivity contribution in [2.24, 2.45) is 0 Å². The molecule has 0 radical (unpaired) electrons. The standard InChI is InChI=1S/C11H11Cl2NO2.ClH/c1-16-11(15)10-9(13)8(12)6-4-2-3-5-7(6)14-10;/h2-5,8-10,14H,1H3;1H. The third-order valence-electron chi connectivity index (χ3n) is 2.62. The normalized spacial score (nSPS) is 26.2. The number of benzene rings is 1. The van der Waals surface area contributed by atoms with E-state index in [2.05, 4.69) is 10.1 Å². The Morgan fingerprint density at radius 2 is 2.00 bits per heavy atom. The molecule has 0 aromatic heterocycles. The van der Waals surface area contributed by atoms with E-state index in [0.29, 0.717) is 0 Å². The number of hydrogen-bond donors (Lipinski definition) is 1. The minimum atomic E-state index is -0.607. The van der Waals surface area contributed by atoms with Gasteiger partial charge < -0.3 is 10.1 Å². The van der Waals surface area contributed by atoms with Gasteiger partial charge in [0.15, 0.2) is 0 Å². The lowest BCUT2D eigenvalue weighted by Crippen LogP contribution is -2.44. The number of methoxy groups -OCH3 is 1. The average Bonchev–Trinajstić information content (AvgIpc) is 2.33. The molecule has 1 aromatic carbocycles. The predicted octanol–water partition coefficient (Wildman–Crippen LogP) is 2.96. The van der Waals surface area contributed by atoms with Gasteiger partial charge in [-0.25, -0.2) is 4.79 Å². The van der Waals surface area contributed by atoms with Crippen molar-refractivity contribution in [3.63, 3.8) is 0 Å². The molecule has 1 aliphatic heterocycles. The number of alkyl halides is 2. The van der Waals surface area contributed by atoms with Crippen LogP contribution in [0.5, 0.6) is 0 Å². The molecular formula is C11H12Cl3NO2. The monoisotopic (exact) mass is 295 g/mol. The van der Waals surface area contributed by atoms with Gasteiger partial charge in [0.05, 0.1) is 17.9 Å². The molecule has 0 saturated carbocycles. The van der Waals surface area contributed by atoms with Crippen molar-refractivity contribution in [2.45, 2.75) is 16.8 Å². The molecule has 1 N–H and O–H groups in total. The Balaban J connectivity index is 0.00000144. The summed E-state index contributed by atoms with van der Waals surface area (Å²) in [6.07, 6.45) is 0. The summed E-state index contributed by atoms with van der Waals surface area (Å²) in [7, 11) is 1.33. The van der Waals surface area contributed by atoms with E-state index in [1.54, 1.807) is 0 Å². The van der Waals surface area contributed by atoms with Crippen molar-refractivity contribution in [3.8, 4) is 0 Å². The zero-order valence-corrected chi connectivity index (χ0v) is 11.4. The summed E-state index contributed by atoms with van der Waals surface area (Å²) < 4.78 is 4.68. The molecule has 1 aliphatic rings. The van der Waals surface area contributed by atoms with E-state index in [0.717, 1.165) is 11.3 Å². The first-order chi connectivity index (χ1) is 7.65. The summed E-state index contributed by atoms with van der Waals surface area (Å²) in [5, 5.41) is 2.11. The van der Waals surface area contributed by atoms with Crippen LogP contribution in [-0.4, -0.2) is 24.5 Å². The van der Waals surface area contributed by atoms with Gasteiger partial charge in [0, 0.05) is 5.69 Å². The average molecular weight is 297 g/mol. The first-order valence-electron chi connectivity index (χ1n) is 4.86. The molecule has 94 valence electrons. The van der Waals surface area contributed by atoms with E-state index in [1.165, 1.54) is 7.11 Å². The van der Waals surface area contributed by atoms with Gasteiger partial charge in [-0.3, -0.25) is 0 Å². The Hall–Kier alpha value is -0.640. The topological polar surface area (TPSA) is 38.3 Å². The van der Waals surface area contributed by atoms with Gasteiger partial charge in [-0.1, -0.05) is 18.2 Å². The fourth-order valence-electron chi connectivity index (χ4n) is 1.77. The number of para-hydroxylation sites is 1. The number of fused-ring (bicyclic) bond motifs is 1. The van der Waals surface area contributed by atoms with Crippen molar-refractivity contribution in [2.75, 3.05) is 12.4 Å². The molecule has 0 spiro atoms. The number of rotatable bonds is 1. The largest absolute Gasteiger partial charge is 0.467 e. The molecule has 0 fully saturated rings. The molecule has 0 amide bonds. The molecule has 2 rings (SSSR count). The molecule has 1 aromatic rings. The van der Waals surface area contributed by atoms with E-state index in [-0.39, 0.29) is 12.4 Å². The summed E-state index contributed by atoms with van der Waals surface area (Å²) in [5.41, 5.74) is 1.74. The molecule has 3 unspecified atom stereocenters. The van der Waals surface area contributed by atoms with Gasteiger partial charge in [-0.2, -0.15) is 0 Å². The van der Waals surface area contributed by atoms with E-state index in [4.69, 9.17) is 23.2 Å². The van der Waals surface area contributed by atoms with Gasteiger partial charge in [-0.05, 0) is 11.6 Å². The van der Waals surface area contributed by atoms with Gasteiger partial charge in [0.1, 0.15) is 6.04 Å². The summed E-state index contributed by atoms with van der Waals surface area (Å²) in [4.78, 5) is 11.5. The second-order valence-corrected chi connectivity index (χ2v) is 4.55. The number of ether oxygens (including phenoxy) is 1. The van der Waals surface area contributed by atoms with Crippen LogP contribution in [0.3, 0.4) is 0 Å². The molecule has 1 heterocycles. The molecule has 3 nitrogen and oxygen atoms in total. The molecule has 3 atom stereocenters. The van der Waals surface area contributed by atoms with Crippen LogP contribution < -0.4 is 5.32 Å². The lowest BCUT2D eigenvalue weighted by molar-refractivity contribution is -0.141. The maximum Gasteiger partial charge on any atom is 0.329 e. The molecular weight excluding hydrogens is 284 g/mol. The van der Waals surface area contributed by atoms with Crippen LogP contribution in [0, 0.1) is 0 Å². The van der Waals surface area contributed by atoms with Crippen LogP contribution >= 0.6 is 35.6 Å². The Morgan fingerprint density at radius 1 is 1.35 bits per heavy atom. The Labute approximate surface area is 116 Å². The minimum absolute atomic E-state index is 0. The van der Waals surface area contributed by atoms with E-state index >= 15 is 0 Å². The third kappa shape index (κ3) is 2.62. The molecule has 0 aliphatic carbocycles.